The molecule has 1 aliphatic heterocycles. The van der Waals surface area contributed by atoms with Crippen LogP contribution in [-0.4, -0.2) is 36.5 Å². The zero-order valence-electron chi connectivity index (χ0n) is 11.7. The monoisotopic (exact) mass is 312 g/mol. The van der Waals surface area contributed by atoms with Crippen LogP contribution in [0.1, 0.15) is 31.7 Å². The number of benzene rings is 1. The fraction of sp³-hybridized carbons (Fsp3) is 0.500. The molecule has 1 N–H and O–H groups in total. The van der Waals surface area contributed by atoms with Crippen LogP contribution >= 0.6 is 0 Å². The number of hydrogen-bond donors (Lipinski definition) is 1. The van der Waals surface area contributed by atoms with E-state index in [1.165, 1.54) is 23.4 Å². The van der Waals surface area contributed by atoms with Crippen molar-refractivity contribution in [2.24, 2.45) is 0 Å². The maximum atomic E-state index is 13.6. The lowest BCUT2D eigenvalue weighted by Crippen LogP contribution is -2.48. The molecule has 2 rings (SSSR count). The number of aliphatic hydroxyl groups is 1. The number of halogens is 1. The van der Waals surface area contributed by atoms with Gasteiger partial charge in [-0.05, 0) is 31.9 Å². The zero-order chi connectivity index (χ0) is 15.6. The normalized spacial score (nSPS) is 21.7. The van der Waals surface area contributed by atoms with Crippen LogP contribution in [0.3, 0.4) is 0 Å². The number of aliphatic hydroxyl groups excluding tert-OH is 1. The molecule has 1 heterocycles. The van der Waals surface area contributed by atoms with Gasteiger partial charge in [-0.1, -0.05) is 12.5 Å². The smallest absolute Gasteiger partial charge is 0.244 e. The van der Waals surface area contributed by atoms with Crippen LogP contribution in [0.5, 0.6) is 0 Å². The van der Waals surface area contributed by atoms with Crippen LogP contribution in [0.15, 0.2) is 23.1 Å². The van der Waals surface area contributed by atoms with E-state index in [9.17, 15) is 17.9 Å². The van der Waals surface area contributed by atoms with Crippen LogP contribution < -0.4 is 0 Å². The largest absolute Gasteiger partial charge is 0.392 e. The number of rotatable bonds is 3. The van der Waals surface area contributed by atoms with E-state index in [1.54, 1.807) is 6.07 Å². The second kappa shape index (κ2) is 6.10. The first-order chi connectivity index (χ1) is 9.89. The summed E-state index contributed by atoms with van der Waals surface area (Å²) in [6.45, 7) is 1.80. The van der Waals surface area contributed by atoms with Crippen LogP contribution in [0.25, 0.3) is 0 Å². The SMILES string of the molecule is CC(O)C1CCCCN1S(=O)(=O)c1cccc(F)c1C#N. The number of nitriles is 1. The van der Waals surface area contributed by atoms with Gasteiger partial charge < -0.3 is 5.11 Å². The summed E-state index contributed by atoms with van der Waals surface area (Å²) in [5, 5.41) is 18.8. The average Bonchev–Trinajstić information content (AvgIpc) is 2.46. The minimum absolute atomic E-state index is 0.263. The van der Waals surface area contributed by atoms with Crippen molar-refractivity contribution >= 4 is 10.0 Å². The standard InChI is InChI=1S/C14H17FN2O3S/c1-10(18)13-6-2-3-8-17(13)21(19,20)14-7-4-5-12(15)11(14)9-16/h4-5,7,10,13,18H,2-3,6,8H2,1H3. The Kier molecular flexibility index (Phi) is 4.61. The summed E-state index contributed by atoms with van der Waals surface area (Å²) in [5.41, 5.74) is -0.479. The second-order valence-corrected chi connectivity index (χ2v) is 7.00. The van der Waals surface area contributed by atoms with Gasteiger partial charge in [-0.15, -0.1) is 0 Å². The molecule has 1 aromatic rings. The van der Waals surface area contributed by atoms with Gasteiger partial charge in [0.25, 0.3) is 0 Å². The predicted octanol–water partition coefficient (Wildman–Crippen LogP) is 1.62. The lowest BCUT2D eigenvalue weighted by Gasteiger charge is -2.36. The van der Waals surface area contributed by atoms with E-state index in [1.807, 2.05) is 0 Å². The van der Waals surface area contributed by atoms with Gasteiger partial charge in [0.2, 0.25) is 10.0 Å². The average molecular weight is 312 g/mol. The second-order valence-electron chi connectivity index (χ2n) is 5.14. The summed E-state index contributed by atoms with van der Waals surface area (Å²) in [6, 6.07) is 4.62. The van der Waals surface area contributed by atoms with E-state index in [0.29, 0.717) is 12.8 Å². The molecule has 2 atom stereocenters. The maximum absolute atomic E-state index is 13.6. The van der Waals surface area contributed by atoms with Crippen LogP contribution in [0, 0.1) is 17.1 Å². The molecule has 0 amide bonds. The van der Waals surface area contributed by atoms with E-state index in [2.05, 4.69) is 0 Å². The lowest BCUT2D eigenvalue weighted by atomic mass is 10.0. The van der Waals surface area contributed by atoms with Gasteiger partial charge in [0.05, 0.1) is 12.1 Å². The zero-order valence-corrected chi connectivity index (χ0v) is 12.5. The Labute approximate surface area is 123 Å². The molecule has 0 radical (unpaired) electrons. The summed E-state index contributed by atoms with van der Waals surface area (Å²) in [6.07, 6.45) is 1.24. The molecular weight excluding hydrogens is 295 g/mol. The minimum atomic E-state index is -4.01. The van der Waals surface area contributed by atoms with Crippen molar-refractivity contribution in [3.8, 4) is 6.07 Å². The van der Waals surface area contributed by atoms with Gasteiger partial charge in [0.1, 0.15) is 22.3 Å². The predicted molar refractivity (Wildman–Crippen MR) is 74.3 cm³/mol. The highest BCUT2D eigenvalue weighted by Gasteiger charge is 2.37. The first-order valence-electron chi connectivity index (χ1n) is 6.78. The summed E-state index contributed by atoms with van der Waals surface area (Å²) in [4.78, 5) is -0.336. The Hall–Kier alpha value is -1.49. The van der Waals surface area contributed by atoms with Crippen molar-refractivity contribution in [3.63, 3.8) is 0 Å². The number of sulfonamides is 1. The van der Waals surface area contributed by atoms with Gasteiger partial charge >= 0.3 is 0 Å². The molecule has 2 unspecified atom stereocenters. The maximum Gasteiger partial charge on any atom is 0.244 e. The Morgan fingerprint density at radius 1 is 1.48 bits per heavy atom. The Morgan fingerprint density at radius 3 is 2.81 bits per heavy atom. The summed E-state index contributed by atoms with van der Waals surface area (Å²) in [7, 11) is -4.01. The first-order valence-corrected chi connectivity index (χ1v) is 8.22. The third kappa shape index (κ3) is 2.93. The van der Waals surface area contributed by atoms with Gasteiger partial charge in [0, 0.05) is 6.54 Å². The quantitative estimate of drug-likeness (QED) is 0.919. The van der Waals surface area contributed by atoms with E-state index in [4.69, 9.17) is 5.26 Å². The molecule has 7 heteroatoms. The Morgan fingerprint density at radius 2 is 2.19 bits per heavy atom. The number of nitrogens with zero attached hydrogens (tertiary/aromatic N) is 2. The van der Waals surface area contributed by atoms with Crippen molar-refractivity contribution in [3.05, 3.63) is 29.6 Å². The molecule has 0 bridgehead atoms. The van der Waals surface area contributed by atoms with Crippen molar-refractivity contribution < 1.29 is 17.9 Å². The number of hydrogen-bond acceptors (Lipinski definition) is 4. The Balaban J connectivity index is 2.51. The topological polar surface area (TPSA) is 81.4 Å². The van der Waals surface area contributed by atoms with Crippen molar-refractivity contribution in [1.82, 2.24) is 4.31 Å². The summed E-state index contributed by atoms with van der Waals surface area (Å²) in [5.74, 6) is -0.857. The first kappa shape index (κ1) is 15.9. The fourth-order valence-corrected chi connectivity index (χ4v) is 4.58. The molecule has 0 spiro atoms. The van der Waals surface area contributed by atoms with Crippen LogP contribution in [-0.2, 0) is 10.0 Å². The molecule has 0 aliphatic carbocycles. The summed E-state index contributed by atoms with van der Waals surface area (Å²) < 4.78 is 40.3. The lowest BCUT2D eigenvalue weighted by molar-refractivity contribution is 0.0831. The molecule has 21 heavy (non-hydrogen) atoms. The third-order valence-corrected chi connectivity index (χ3v) is 5.70. The molecule has 1 aromatic carbocycles. The highest BCUT2D eigenvalue weighted by Crippen LogP contribution is 2.29. The van der Waals surface area contributed by atoms with E-state index < -0.39 is 33.5 Å². The molecule has 114 valence electrons. The van der Waals surface area contributed by atoms with Gasteiger partial charge in [-0.25, -0.2) is 12.8 Å². The molecule has 1 fully saturated rings. The number of piperidine rings is 1. The highest BCUT2D eigenvalue weighted by atomic mass is 32.2. The minimum Gasteiger partial charge on any atom is -0.392 e. The van der Waals surface area contributed by atoms with Crippen LogP contribution in [0.4, 0.5) is 4.39 Å². The van der Waals surface area contributed by atoms with E-state index >= 15 is 0 Å². The Bertz CT molecular complexity index is 667. The van der Waals surface area contributed by atoms with Crippen molar-refractivity contribution in [2.45, 2.75) is 43.2 Å². The van der Waals surface area contributed by atoms with Crippen molar-refractivity contribution in [2.75, 3.05) is 6.54 Å². The van der Waals surface area contributed by atoms with Gasteiger partial charge in [-0.3, -0.25) is 0 Å². The molecule has 0 aromatic heterocycles. The van der Waals surface area contributed by atoms with Crippen LogP contribution in [0.2, 0.25) is 0 Å². The van der Waals surface area contributed by atoms with Gasteiger partial charge in [-0.2, -0.15) is 9.57 Å². The molecule has 1 saturated heterocycles. The van der Waals surface area contributed by atoms with Gasteiger partial charge in [0.15, 0.2) is 0 Å². The van der Waals surface area contributed by atoms with E-state index in [-0.39, 0.29) is 11.4 Å². The molecule has 5 nitrogen and oxygen atoms in total. The highest BCUT2D eigenvalue weighted by molar-refractivity contribution is 7.89. The molecular formula is C14H17FN2O3S. The molecule has 0 saturated carbocycles. The fourth-order valence-electron chi connectivity index (χ4n) is 2.67. The van der Waals surface area contributed by atoms with Crippen molar-refractivity contribution in [1.29, 1.82) is 5.26 Å². The van der Waals surface area contributed by atoms with E-state index in [0.717, 1.165) is 12.5 Å². The third-order valence-electron chi connectivity index (χ3n) is 3.73. The summed E-state index contributed by atoms with van der Waals surface area (Å²) >= 11 is 0. The molecule has 1 aliphatic rings.